The number of rotatable bonds is 7. The Labute approximate surface area is 200 Å². The molecule has 0 aromatic heterocycles. The van der Waals surface area contributed by atoms with Gasteiger partial charge in [0.05, 0.1) is 22.6 Å². The summed E-state index contributed by atoms with van der Waals surface area (Å²) in [6.45, 7) is 6.59. The Balaban J connectivity index is 2.09. The van der Waals surface area contributed by atoms with E-state index in [1.807, 2.05) is 0 Å². The molecule has 0 heterocycles. The minimum Gasteiger partial charge on any atom is -0.507 e. The smallest absolute Gasteiger partial charge is 0.416 e. The van der Waals surface area contributed by atoms with Gasteiger partial charge in [0.2, 0.25) is 0 Å². The van der Waals surface area contributed by atoms with Crippen LogP contribution in [0.3, 0.4) is 0 Å². The number of phenolic OH excluding ortho intramolecular Hbond substituents is 1. The Bertz CT molecular complexity index is 995. The number of phenols is 1. The zero-order valence-corrected chi connectivity index (χ0v) is 20.3. The lowest BCUT2D eigenvalue weighted by atomic mass is 9.94. The molecule has 1 atom stereocenters. The number of alkyl carbamates (subject to hydrolysis) is 1. The molecule has 0 bridgehead atoms. The van der Waals surface area contributed by atoms with E-state index in [-0.39, 0.29) is 17.3 Å². The maximum absolute atomic E-state index is 13.0. The van der Waals surface area contributed by atoms with Crippen LogP contribution in [0.25, 0.3) is 0 Å². The van der Waals surface area contributed by atoms with Crippen molar-refractivity contribution in [3.63, 3.8) is 0 Å². The number of aryl methyl sites for hydroxylation is 1. The molecule has 2 aromatic rings. The van der Waals surface area contributed by atoms with E-state index in [0.29, 0.717) is 22.8 Å². The van der Waals surface area contributed by atoms with E-state index in [4.69, 9.17) is 16.3 Å². The van der Waals surface area contributed by atoms with Gasteiger partial charge in [0.1, 0.15) is 11.4 Å². The third-order valence-corrected chi connectivity index (χ3v) is 6.03. The van der Waals surface area contributed by atoms with Crippen LogP contribution in [-0.4, -0.2) is 34.1 Å². The van der Waals surface area contributed by atoms with E-state index < -0.39 is 29.0 Å². The first kappa shape index (κ1) is 27.1. The van der Waals surface area contributed by atoms with Gasteiger partial charge in [-0.1, -0.05) is 29.4 Å². The molecule has 0 aliphatic rings. The second-order valence-electron chi connectivity index (χ2n) is 8.88. The molecule has 1 amide bonds. The summed E-state index contributed by atoms with van der Waals surface area (Å²) in [6, 6.07) is 7.72. The second kappa shape index (κ2) is 10.4. The Kier molecular flexibility index (Phi) is 8.59. The zero-order valence-electron chi connectivity index (χ0n) is 18.7. The van der Waals surface area contributed by atoms with Crippen LogP contribution in [0, 0.1) is 0 Å². The van der Waals surface area contributed by atoms with Crippen LogP contribution < -0.4 is 5.32 Å². The second-order valence-corrected chi connectivity index (χ2v) is 10.4. The van der Waals surface area contributed by atoms with Crippen molar-refractivity contribution in [3.05, 3.63) is 52.5 Å². The first-order valence-electron chi connectivity index (χ1n) is 10.1. The minimum absolute atomic E-state index is 0.0584. The highest BCUT2D eigenvalue weighted by Crippen LogP contribution is 2.40. The predicted octanol–water partition coefficient (Wildman–Crippen LogP) is 6.42. The summed E-state index contributed by atoms with van der Waals surface area (Å²) >= 11 is 7.33. The van der Waals surface area contributed by atoms with E-state index in [1.165, 1.54) is 0 Å². The molecule has 3 N–H and O–H groups in total. The quantitative estimate of drug-likeness (QED) is 0.404. The van der Waals surface area contributed by atoms with Crippen molar-refractivity contribution >= 4 is 29.5 Å². The van der Waals surface area contributed by atoms with Crippen molar-refractivity contribution in [2.45, 2.75) is 67.6 Å². The van der Waals surface area contributed by atoms with Crippen LogP contribution in [0.5, 0.6) is 5.75 Å². The molecule has 2 rings (SSSR count). The van der Waals surface area contributed by atoms with E-state index in [2.05, 4.69) is 5.32 Å². The normalized spacial score (nSPS) is 14.0. The molecule has 5 nitrogen and oxygen atoms in total. The highest BCUT2D eigenvalue weighted by Gasteiger charge is 2.31. The number of aromatic hydroxyl groups is 1. The van der Waals surface area contributed by atoms with E-state index >= 15 is 0 Å². The molecule has 0 aliphatic carbocycles. The SMILES string of the molecule is CC(CO)(CCc1ccc(Sc2cc(C(F)(F)F)ccc2O)cc1Cl)NC(=O)OC(C)(C)C. The average molecular weight is 506 g/mol. The fourth-order valence-electron chi connectivity index (χ4n) is 2.84. The van der Waals surface area contributed by atoms with Crippen molar-refractivity contribution in [2.75, 3.05) is 6.61 Å². The van der Waals surface area contributed by atoms with Gasteiger partial charge in [-0.15, -0.1) is 0 Å². The molecule has 1 unspecified atom stereocenters. The number of ether oxygens (including phenoxy) is 1. The van der Waals surface area contributed by atoms with Gasteiger partial charge < -0.3 is 20.3 Å². The highest BCUT2D eigenvalue weighted by atomic mass is 35.5. The van der Waals surface area contributed by atoms with E-state index in [9.17, 15) is 28.2 Å². The highest BCUT2D eigenvalue weighted by molar-refractivity contribution is 7.99. The molecule has 2 aromatic carbocycles. The van der Waals surface area contributed by atoms with Crippen LogP contribution in [-0.2, 0) is 17.3 Å². The fraction of sp³-hybridized carbons (Fsp3) is 0.435. The predicted molar refractivity (Wildman–Crippen MR) is 122 cm³/mol. The summed E-state index contributed by atoms with van der Waals surface area (Å²) in [4.78, 5) is 12.7. The Morgan fingerprint density at radius 2 is 1.79 bits per heavy atom. The third kappa shape index (κ3) is 8.32. The number of carbonyl (C=O) groups excluding carboxylic acids is 1. The molecule has 0 saturated carbocycles. The number of halogens is 4. The summed E-state index contributed by atoms with van der Waals surface area (Å²) in [5, 5.41) is 22.8. The Morgan fingerprint density at radius 3 is 2.33 bits per heavy atom. The van der Waals surface area contributed by atoms with Gasteiger partial charge in [-0.3, -0.25) is 0 Å². The van der Waals surface area contributed by atoms with Crippen molar-refractivity contribution in [3.8, 4) is 5.75 Å². The topological polar surface area (TPSA) is 78.8 Å². The van der Waals surface area contributed by atoms with Crippen LogP contribution in [0.2, 0.25) is 5.02 Å². The first-order chi connectivity index (χ1) is 15.1. The summed E-state index contributed by atoms with van der Waals surface area (Å²) < 4.78 is 44.1. The lowest BCUT2D eigenvalue weighted by Gasteiger charge is -2.30. The summed E-state index contributed by atoms with van der Waals surface area (Å²) in [5.41, 5.74) is -1.74. The molecule has 0 spiro atoms. The zero-order chi connectivity index (χ0) is 25.0. The van der Waals surface area contributed by atoms with E-state index in [1.54, 1.807) is 45.9 Å². The van der Waals surface area contributed by atoms with Gasteiger partial charge in [-0.05, 0) is 76.4 Å². The molecule has 0 saturated heterocycles. The molecule has 0 radical (unpaired) electrons. The number of aliphatic hydroxyl groups is 1. The average Bonchev–Trinajstić information content (AvgIpc) is 2.66. The van der Waals surface area contributed by atoms with Gasteiger partial charge in [0.15, 0.2) is 0 Å². The number of hydrogen-bond donors (Lipinski definition) is 3. The van der Waals surface area contributed by atoms with Crippen molar-refractivity contribution < 1.29 is 32.9 Å². The molecule has 0 aliphatic heterocycles. The van der Waals surface area contributed by atoms with Gasteiger partial charge in [-0.2, -0.15) is 13.2 Å². The largest absolute Gasteiger partial charge is 0.507 e. The van der Waals surface area contributed by atoms with Crippen LogP contribution >= 0.6 is 23.4 Å². The number of nitrogens with one attached hydrogen (secondary N) is 1. The van der Waals surface area contributed by atoms with Gasteiger partial charge >= 0.3 is 12.3 Å². The van der Waals surface area contributed by atoms with Crippen molar-refractivity contribution in [1.29, 1.82) is 0 Å². The summed E-state index contributed by atoms with van der Waals surface area (Å²) in [6.07, 6.45) is -4.37. The standard InChI is InChI=1S/C23H27ClF3NO4S/c1-21(2,3)32-20(31)28-22(4,13-29)10-9-14-5-7-16(12-17(14)24)33-19-11-15(23(25,26)27)6-8-18(19)30/h5-8,11-12,29-30H,9-10,13H2,1-4H3,(H,28,31). The molecule has 182 valence electrons. The van der Waals surface area contributed by atoms with Crippen molar-refractivity contribution in [2.24, 2.45) is 0 Å². The fourth-order valence-corrected chi connectivity index (χ4v) is 4.10. The number of aliphatic hydroxyl groups excluding tert-OH is 1. The number of hydrogen-bond acceptors (Lipinski definition) is 5. The number of alkyl halides is 3. The number of benzene rings is 2. The molecule has 0 fully saturated rings. The summed E-state index contributed by atoms with van der Waals surface area (Å²) in [7, 11) is 0. The third-order valence-electron chi connectivity index (χ3n) is 4.64. The molecular weight excluding hydrogens is 479 g/mol. The minimum atomic E-state index is -4.52. The molecule has 33 heavy (non-hydrogen) atoms. The van der Waals surface area contributed by atoms with Crippen LogP contribution in [0.4, 0.5) is 18.0 Å². The van der Waals surface area contributed by atoms with Crippen molar-refractivity contribution in [1.82, 2.24) is 5.32 Å². The maximum Gasteiger partial charge on any atom is 0.416 e. The Morgan fingerprint density at radius 1 is 1.12 bits per heavy atom. The molecule has 10 heteroatoms. The van der Waals surface area contributed by atoms with Crippen LogP contribution in [0.15, 0.2) is 46.2 Å². The first-order valence-corrected chi connectivity index (χ1v) is 11.3. The monoisotopic (exact) mass is 505 g/mol. The van der Waals surface area contributed by atoms with Gasteiger partial charge in [0, 0.05) is 9.92 Å². The lowest BCUT2D eigenvalue weighted by Crippen LogP contribution is -2.50. The number of amides is 1. The van der Waals surface area contributed by atoms with Gasteiger partial charge in [-0.25, -0.2) is 4.79 Å². The van der Waals surface area contributed by atoms with Crippen LogP contribution in [0.1, 0.15) is 45.2 Å². The maximum atomic E-state index is 13.0. The van der Waals surface area contributed by atoms with Gasteiger partial charge in [0.25, 0.3) is 0 Å². The lowest BCUT2D eigenvalue weighted by molar-refractivity contribution is -0.137. The number of carbonyl (C=O) groups is 1. The Hall–Kier alpha value is -2.10. The summed E-state index contributed by atoms with van der Waals surface area (Å²) in [5.74, 6) is -0.264. The molecular formula is C23H27ClF3NO4S. The van der Waals surface area contributed by atoms with E-state index in [0.717, 1.165) is 35.5 Å².